The van der Waals surface area contributed by atoms with E-state index in [0.29, 0.717) is 25.1 Å². The first-order chi connectivity index (χ1) is 14.3. The van der Waals surface area contributed by atoms with Crippen LogP contribution in [-0.4, -0.2) is 48.8 Å². The van der Waals surface area contributed by atoms with Crippen molar-refractivity contribution in [3.05, 3.63) is 77.4 Å². The number of fused-ring (bicyclic) bond motifs is 1. The summed E-state index contributed by atoms with van der Waals surface area (Å²) in [7, 11) is -0.474. The minimum atomic E-state index is -3.49. The van der Waals surface area contributed by atoms with Gasteiger partial charge in [-0.25, -0.2) is 17.7 Å². The smallest absolute Gasteiger partial charge is 0.258 e. The summed E-state index contributed by atoms with van der Waals surface area (Å²) in [5.41, 5.74) is 3.35. The first-order valence-electron chi connectivity index (χ1n) is 9.71. The highest BCUT2D eigenvalue weighted by atomic mass is 32.2. The third-order valence-electron chi connectivity index (χ3n) is 5.45. The summed E-state index contributed by atoms with van der Waals surface area (Å²) >= 11 is 0. The number of carbonyl (C=O) groups is 1. The van der Waals surface area contributed by atoms with Crippen LogP contribution in [-0.2, 0) is 23.0 Å². The predicted octanol–water partition coefficient (Wildman–Crippen LogP) is 2.69. The Bertz CT molecular complexity index is 1200. The van der Waals surface area contributed by atoms with E-state index in [1.807, 2.05) is 42.0 Å². The number of hydrogen-bond donors (Lipinski definition) is 0. The van der Waals surface area contributed by atoms with E-state index >= 15 is 0 Å². The minimum Gasteiger partial charge on any atom is -0.331 e. The molecule has 0 saturated carbocycles. The molecule has 0 bridgehead atoms. The monoisotopic (exact) mass is 424 g/mol. The highest BCUT2D eigenvalue weighted by Crippen LogP contribution is 2.32. The Morgan fingerprint density at radius 2 is 1.87 bits per heavy atom. The molecule has 0 N–H and O–H groups in total. The normalized spacial score (nSPS) is 13.7. The molecule has 2 aromatic carbocycles. The number of imidazole rings is 1. The van der Waals surface area contributed by atoms with Crippen LogP contribution in [0.1, 0.15) is 27.3 Å². The maximum absolute atomic E-state index is 13.1. The molecular weight excluding hydrogens is 400 g/mol. The van der Waals surface area contributed by atoms with Crippen molar-refractivity contribution in [3.8, 4) is 0 Å². The number of nitrogens with zero attached hydrogens (tertiary/aromatic N) is 4. The van der Waals surface area contributed by atoms with Crippen LogP contribution in [0.4, 0.5) is 5.69 Å². The standard InChI is InChI=1S/C22H24N4O3S/c1-16-23-11-13-25(16)15-17-4-6-18(7-5-17)22(27)26-12-10-19-14-20(8-9-21(19)26)30(28,29)24(2)3/h4-9,11,13-14H,10,12,15H2,1-3H3. The van der Waals surface area contributed by atoms with E-state index in [1.54, 1.807) is 29.3 Å². The fourth-order valence-electron chi connectivity index (χ4n) is 3.64. The molecule has 0 atom stereocenters. The van der Waals surface area contributed by atoms with Gasteiger partial charge < -0.3 is 9.47 Å². The maximum Gasteiger partial charge on any atom is 0.258 e. The van der Waals surface area contributed by atoms with Crippen LogP contribution in [0.5, 0.6) is 0 Å². The van der Waals surface area contributed by atoms with Gasteiger partial charge in [0.05, 0.1) is 4.90 Å². The van der Waals surface area contributed by atoms with Crippen LogP contribution in [0.3, 0.4) is 0 Å². The van der Waals surface area contributed by atoms with Crippen molar-refractivity contribution in [2.75, 3.05) is 25.5 Å². The number of sulfonamides is 1. The maximum atomic E-state index is 13.1. The topological polar surface area (TPSA) is 75.5 Å². The van der Waals surface area contributed by atoms with Crippen LogP contribution in [0, 0.1) is 6.92 Å². The fraction of sp³-hybridized carbons (Fsp3) is 0.273. The molecule has 156 valence electrons. The Morgan fingerprint density at radius 1 is 1.13 bits per heavy atom. The molecule has 0 fully saturated rings. The summed E-state index contributed by atoms with van der Waals surface area (Å²) < 4.78 is 28.0. The Kier molecular flexibility index (Phi) is 5.21. The molecule has 0 radical (unpaired) electrons. The zero-order valence-electron chi connectivity index (χ0n) is 17.2. The summed E-state index contributed by atoms with van der Waals surface area (Å²) in [6.45, 7) is 3.20. The van der Waals surface area contributed by atoms with Gasteiger partial charge in [-0.2, -0.15) is 0 Å². The lowest BCUT2D eigenvalue weighted by Gasteiger charge is -2.18. The van der Waals surface area contributed by atoms with Crippen LogP contribution >= 0.6 is 0 Å². The molecule has 2 heterocycles. The zero-order valence-corrected chi connectivity index (χ0v) is 18.1. The van der Waals surface area contributed by atoms with Gasteiger partial charge in [-0.3, -0.25) is 4.79 Å². The average Bonchev–Trinajstić information content (AvgIpc) is 3.33. The van der Waals surface area contributed by atoms with Gasteiger partial charge >= 0.3 is 0 Å². The van der Waals surface area contributed by atoms with Crippen LogP contribution in [0.25, 0.3) is 0 Å². The number of aromatic nitrogens is 2. The van der Waals surface area contributed by atoms with Crippen molar-refractivity contribution in [1.82, 2.24) is 13.9 Å². The molecule has 1 aliphatic heterocycles. The lowest BCUT2D eigenvalue weighted by atomic mass is 10.1. The molecule has 1 amide bonds. The van der Waals surface area contributed by atoms with E-state index in [0.717, 1.165) is 22.6 Å². The molecule has 0 aliphatic carbocycles. The lowest BCUT2D eigenvalue weighted by molar-refractivity contribution is 0.0989. The van der Waals surface area contributed by atoms with E-state index < -0.39 is 10.0 Å². The second-order valence-electron chi connectivity index (χ2n) is 7.58. The first kappa shape index (κ1) is 20.3. The highest BCUT2D eigenvalue weighted by Gasteiger charge is 2.28. The Hall–Kier alpha value is -2.97. The summed E-state index contributed by atoms with van der Waals surface area (Å²) in [5.74, 6) is 0.863. The molecule has 7 nitrogen and oxygen atoms in total. The largest absolute Gasteiger partial charge is 0.331 e. The number of hydrogen-bond acceptors (Lipinski definition) is 4. The van der Waals surface area contributed by atoms with Crippen molar-refractivity contribution in [2.45, 2.75) is 24.8 Å². The Morgan fingerprint density at radius 3 is 2.50 bits per heavy atom. The molecule has 1 aliphatic rings. The molecule has 0 unspecified atom stereocenters. The van der Waals surface area contributed by atoms with Crippen LogP contribution in [0.2, 0.25) is 0 Å². The van der Waals surface area contributed by atoms with Crippen molar-refractivity contribution in [3.63, 3.8) is 0 Å². The Labute approximate surface area is 176 Å². The van der Waals surface area contributed by atoms with Gasteiger partial charge in [0.15, 0.2) is 0 Å². The van der Waals surface area contributed by atoms with Gasteiger partial charge in [-0.05, 0) is 54.8 Å². The lowest BCUT2D eigenvalue weighted by Crippen LogP contribution is -2.28. The van der Waals surface area contributed by atoms with E-state index in [-0.39, 0.29) is 10.8 Å². The molecule has 8 heteroatoms. The highest BCUT2D eigenvalue weighted by molar-refractivity contribution is 7.89. The summed E-state index contributed by atoms with van der Waals surface area (Å²) in [4.78, 5) is 19.3. The SMILES string of the molecule is Cc1nccn1Cc1ccc(C(=O)N2CCc3cc(S(=O)(=O)N(C)C)ccc32)cc1. The number of anilines is 1. The molecule has 30 heavy (non-hydrogen) atoms. The summed E-state index contributed by atoms with van der Waals surface area (Å²) in [6.07, 6.45) is 4.34. The van der Waals surface area contributed by atoms with Gasteiger partial charge in [-0.15, -0.1) is 0 Å². The summed E-state index contributed by atoms with van der Waals surface area (Å²) in [6, 6.07) is 12.6. The molecular formula is C22H24N4O3S. The quantitative estimate of drug-likeness (QED) is 0.631. The van der Waals surface area contributed by atoms with Crippen LogP contribution in [0.15, 0.2) is 59.8 Å². The van der Waals surface area contributed by atoms with E-state index in [4.69, 9.17) is 0 Å². The molecule has 0 spiro atoms. The molecule has 0 saturated heterocycles. The summed E-state index contributed by atoms with van der Waals surface area (Å²) in [5, 5.41) is 0. The van der Waals surface area contributed by atoms with Gasteiger partial charge in [0.25, 0.3) is 5.91 Å². The van der Waals surface area contributed by atoms with Crippen LogP contribution < -0.4 is 4.90 Å². The van der Waals surface area contributed by atoms with Crippen molar-refractivity contribution in [2.24, 2.45) is 0 Å². The van der Waals surface area contributed by atoms with E-state index in [9.17, 15) is 13.2 Å². The van der Waals surface area contributed by atoms with Gasteiger partial charge in [0.1, 0.15) is 5.82 Å². The fourth-order valence-corrected chi connectivity index (χ4v) is 4.59. The molecule has 1 aromatic heterocycles. The van der Waals surface area contributed by atoms with Crippen molar-refractivity contribution in [1.29, 1.82) is 0 Å². The van der Waals surface area contributed by atoms with Gasteiger partial charge in [-0.1, -0.05) is 12.1 Å². The van der Waals surface area contributed by atoms with E-state index in [1.165, 1.54) is 18.4 Å². The zero-order chi connectivity index (χ0) is 21.5. The number of aryl methyl sites for hydroxylation is 1. The second-order valence-corrected chi connectivity index (χ2v) is 9.74. The number of carbonyl (C=O) groups excluding carboxylic acids is 1. The van der Waals surface area contributed by atoms with Crippen molar-refractivity contribution >= 4 is 21.6 Å². The van der Waals surface area contributed by atoms with Crippen molar-refractivity contribution < 1.29 is 13.2 Å². The molecule has 3 aromatic rings. The second kappa shape index (κ2) is 7.70. The molecule has 4 rings (SSSR count). The first-order valence-corrected chi connectivity index (χ1v) is 11.2. The average molecular weight is 425 g/mol. The number of amides is 1. The Balaban J connectivity index is 1.54. The third kappa shape index (κ3) is 3.64. The van der Waals surface area contributed by atoms with Gasteiger partial charge in [0.2, 0.25) is 10.0 Å². The number of rotatable bonds is 5. The third-order valence-corrected chi connectivity index (χ3v) is 7.26. The number of benzene rings is 2. The minimum absolute atomic E-state index is 0.0812. The van der Waals surface area contributed by atoms with E-state index in [2.05, 4.69) is 4.98 Å². The predicted molar refractivity (Wildman–Crippen MR) is 115 cm³/mol. The van der Waals surface area contributed by atoms with Gasteiger partial charge in [0, 0.05) is 50.8 Å².